The van der Waals surface area contributed by atoms with Crippen LogP contribution in [0.25, 0.3) is 0 Å². The summed E-state index contributed by atoms with van der Waals surface area (Å²) in [5, 5.41) is 5.89. The molecule has 1 aromatic heterocycles. The van der Waals surface area contributed by atoms with Crippen LogP contribution in [0.4, 0.5) is 15.3 Å². The predicted molar refractivity (Wildman–Crippen MR) is 102 cm³/mol. The first-order valence-electron chi connectivity index (χ1n) is 8.32. The number of benzene rings is 1. The van der Waals surface area contributed by atoms with E-state index >= 15 is 0 Å². The Morgan fingerprint density at radius 3 is 2.56 bits per heavy atom. The Hall–Kier alpha value is -2.81. The highest BCUT2D eigenvalue weighted by Crippen LogP contribution is 2.23. The summed E-state index contributed by atoms with van der Waals surface area (Å²) in [6, 6.07) is 9.20. The lowest BCUT2D eigenvalue weighted by Gasteiger charge is -2.21. The minimum Gasteiger partial charge on any atom is -0.466 e. The topological polar surface area (TPSA) is 104 Å². The number of nitrogens with one attached hydrogen (secondary N) is 3. The highest BCUT2D eigenvalue weighted by Gasteiger charge is 2.48. The number of carbonyl (C=O) groups excluding carboxylic acids is 3. The van der Waals surface area contributed by atoms with E-state index in [-0.39, 0.29) is 0 Å². The Morgan fingerprint density at radius 1 is 1.22 bits per heavy atom. The van der Waals surface area contributed by atoms with Crippen LogP contribution in [0.1, 0.15) is 24.9 Å². The van der Waals surface area contributed by atoms with Crippen molar-refractivity contribution >= 4 is 39.6 Å². The highest BCUT2D eigenvalue weighted by molar-refractivity contribution is 9.10. The molecule has 0 aliphatic carbocycles. The summed E-state index contributed by atoms with van der Waals surface area (Å²) in [5.41, 5.74) is 1.69. The molecule has 0 bridgehead atoms. The Bertz CT molecular complexity index is 880. The number of hydrogen-bond acceptors (Lipinski definition) is 4. The van der Waals surface area contributed by atoms with Crippen molar-refractivity contribution in [1.82, 2.24) is 15.8 Å². The molecule has 142 valence electrons. The molecule has 0 radical (unpaired) electrons. The van der Waals surface area contributed by atoms with Crippen LogP contribution < -0.4 is 16.1 Å². The molecule has 1 saturated heterocycles. The molecule has 1 fully saturated rings. The number of carbonyl (C=O) groups is 3. The van der Waals surface area contributed by atoms with Gasteiger partial charge >= 0.3 is 12.1 Å². The van der Waals surface area contributed by atoms with Gasteiger partial charge in [-0.15, -0.1) is 0 Å². The minimum atomic E-state index is -1.12. The van der Waals surface area contributed by atoms with Crippen LogP contribution in [0.5, 0.6) is 0 Å². The van der Waals surface area contributed by atoms with Crippen LogP contribution in [0.3, 0.4) is 0 Å². The molecule has 9 heteroatoms. The van der Waals surface area contributed by atoms with Gasteiger partial charge in [-0.1, -0.05) is 15.9 Å². The molecule has 2 aromatic rings. The number of anilines is 1. The van der Waals surface area contributed by atoms with Crippen LogP contribution in [-0.2, 0) is 11.2 Å². The van der Waals surface area contributed by atoms with E-state index in [2.05, 4.69) is 32.0 Å². The van der Waals surface area contributed by atoms with Crippen molar-refractivity contribution in [3.63, 3.8) is 0 Å². The van der Waals surface area contributed by atoms with Gasteiger partial charge in [0.1, 0.15) is 17.1 Å². The quantitative estimate of drug-likeness (QED) is 0.627. The molecule has 27 heavy (non-hydrogen) atoms. The minimum absolute atomic E-state index is 0.344. The molecule has 3 N–H and O–H groups in total. The molecule has 1 atom stereocenters. The third-order valence-corrected chi connectivity index (χ3v) is 4.77. The van der Waals surface area contributed by atoms with Crippen molar-refractivity contribution in [2.45, 2.75) is 32.2 Å². The van der Waals surface area contributed by atoms with Crippen molar-refractivity contribution in [3.8, 4) is 0 Å². The van der Waals surface area contributed by atoms with Crippen LogP contribution in [0.15, 0.2) is 45.3 Å². The molecular weight excluding hydrogens is 416 g/mol. The maximum absolute atomic E-state index is 12.7. The number of aryl methyl sites for hydroxylation is 2. The van der Waals surface area contributed by atoms with Gasteiger partial charge in [-0.3, -0.25) is 4.79 Å². The molecule has 1 aliphatic heterocycles. The second-order valence-electron chi connectivity index (χ2n) is 6.49. The van der Waals surface area contributed by atoms with E-state index in [1.807, 2.05) is 19.1 Å². The molecule has 0 saturated carbocycles. The zero-order valence-corrected chi connectivity index (χ0v) is 16.4. The van der Waals surface area contributed by atoms with Crippen molar-refractivity contribution in [2.24, 2.45) is 0 Å². The summed E-state index contributed by atoms with van der Waals surface area (Å²) in [7, 11) is 0. The fourth-order valence-electron chi connectivity index (χ4n) is 2.74. The SMILES string of the molecule is Cc1ccc(CCC2(C)NC(=O)N(NC(=O)Nc3ccc(Br)cc3)C2=O)o1. The zero-order valence-electron chi connectivity index (χ0n) is 14.8. The average molecular weight is 435 g/mol. The third-order valence-electron chi connectivity index (χ3n) is 4.24. The normalized spacial score (nSPS) is 19.1. The summed E-state index contributed by atoms with van der Waals surface area (Å²) < 4.78 is 6.36. The van der Waals surface area contributed by atoms with E-state index in [9.17, 15) is 14.4 Å². The van der Waals surface area contributed by atoms with Crippen LogP contribution >= 0.6 is 15.9 Å². The monoisotopic (exact) mass is 434 g/mol. The molecule has 3 rings (SSSR count). The summed E-state index contributed by atoms with van der Waals surface area (Å²) in [4.78, 5) is 36.9. The van der Waals surface area contributed by atoms with Gasteiger partial charge in [-0.05, 0) is 56.7 Å². The van der Waals surface area contributed by atoms with Crippen LogP contribution in [-0.4, -0.2) is 28.5 Å². The second kappa shape index (κ2) is 7.43. The van der Waals surface area contributed by atoms with Gasteiger partial charge in [0, 0.05) is 16.6 Å². The van der Waals surface area contributed by atoms with Crippen molar-refractivity contribution in [2.75, 3.05) is 5.32 Å². The predicted octanol–water partition coefficient (Wildman–Crippen LogP) is 3.33. The van der Waals surface area contributed by atoms with Crippen molar-refractivity contribution in [1.29, 1.82) is 0 Å². The number of urea groups is 2. The standard InChI is InChI=1S/C18H19BrN4O4/c1-11-3-8-14(27-11)9-10-18(2)15(24)23(17(26)21-18)22-16(25)20-13-6-4-12(19)5-7-13/h3-8H,9-10H2,1-2H3,(H,21,26)(H2,20,22,25). The van der Waals surface area contributed by atoms with E-state index in [4.69, 9.17) is 4.42 Å². The number of amides is 5. The molecule has 8 nitrogen and oxygen atoms in total. The van der Waals surface area contributed by atoms with Gasteiger partial charge in [0.25, 0.3) is 5.91 Å². The summed E-state index contributed by atoms with van der Waals surface area (Å²) in [6.45, 7) is 3.46. The lowest BCUT2D eigenvalue weighted by atomic mass is 9.95. The molecule has 0 spiro atoms. The van der Waals surface area contributed by atoms with Crippen LogP contribution in [0, 0.1) is 6.92 Å². The molecule has 1 aromatic carbocycles. The molecule has 1 aliphatic rings. The fraction of sp³-hybridized carbons (Fsp3) is 0.278. The Morgan fingerprint density at radius 2 is 1.93 bits per heavy atom. The molecule has 1 unspecified atom stereocenters. The second-order valence-corrected chi connectivity index (χ2v) is 7.40. The van der Waals surface area contributed by atoms with E-state index in [0.717, 1.165) is 16.0 Å². The van der Waals surface area contributed by atoms with Crippen molar-refractivity contribution in [3.05, 3.63) is 52.4 Å². The van der Waals surface area contributed by atoms with E-state index in [0.29, 0.717) is 23.5 Å². The number of furan rings is 1. The number of hydrazine groups is 1. The lowest BCUT2D eigenvalue weighted by molar-refractivity contribution is -0.132. The van der Waals surface area contributed by atoms with E-state index in [1.54, 1.807) is 31.2 Å². The Labute approximate surface area is 164 Å². The Kier molecular flexibility index (Phi) is 5.22. The number of halogens is 1. The number of imide groups is 1. The van der Waals surface area contributed by atoms with Crippen molar-refractivity contribution < 1.29 is 18.8 Å². The van der Waals surface area contributed by atoms with Crippen LogP contribution in [0.2, 0.25) is 0 Å². The smallest absolute Gasteiger partial charge is 0.344 e. The highest BCUT2D eigenvalue weighted by atomic mass is 79.9. The fourth-order valence-corrected chi connectivity index (χ4v) is 3.01. The first kappa shape index (κ1) is 19.0. The third kappa shape index (κ3) is 4.30. The summed E-state index contributed by atoms with van der Waals surface area (Å²) in [6.07, 6.45) is 0.826. The largest absolute Gasteiger partial charge is 0.466 e. The molecular formula is C18H19BrN4O4. The maximum atomic E-state index is 12.7. The van der Waals surface area contributed by atoms with Gasteiger partial charge in [0.2, 0.25) is 0 Å². The van der Waals surface area contributed by atoms with Gasteiger partial charge in [-0.25, -0.2) is 15.0 Å². The summed E-state index contributed by atoms with van der Waals surface area (Å²) in [5.74, 6) is 0.988. The van der Waals surface area contributed by atoms with Gasteiger partial charge in [-0.2, -0.15) is 5.01 Å². The number of nitrogens with zero attached hydrogens (tertiary/aromatic N) is 1. The maximum Gasteiger partial charge on any atom is 0.344 e. The van der Waals surface area contributed by atoms with Gasteiger partial charge in [0.05, 0.1) is 0 Å². The Balaban J connectivity index is 1.60. The summed E-state index contributed by atoms with van der Waals surface area (Å²) >= 11 is 3.30. The first-order chi connectivity index (χ1) is 12.8. The average Bonchev–Trinajstić information content (AvgIpc) is 3.12. The number of hydrogen-bond donors (Lipinski definition) is 3. The number of rotatable bonds is 5. The van der Waals surface area contributed by atoms with Gasteiger partial charge < -0.3 is 15.1 Å². The molecule has 2 heterocycles. The van der Waals surface area contributed by atoms with E-state index < -0.39 is 23.5 Å². The van der Waals surface area contributed by atoms with E-state index in [1.165, 1.54) is 0 Å². The molecule has 5 amide bonds. The lowest BCUT2D eigenvalue weighted by Crippen LogP contribution is -2.50. The van der Waals surface area contributed by atoms with Gasteiger partial charge in [0.15, 0.2) is 0 Å². The first-order valence-corrected chi connectivity index (χ1v) is 9.11. The zero-order chi connectivity index (χ0) is 19.6.